The summed E-state index contributed by atoms with van der Waals surface area (Å²) in [7, 11) is 1.64. The van der Waals surface area contributed by atoms with Crippen molar-refractivity contribution in [3.8, 4) is 5.75 Å². The molecule has 1 rings (SSSR count). The normalized spacial score (nSPS) is 11.6. The number of hydrogen-bond donors (Lipinski definition) is 1. The van der Waals surface area contributed by atoms with Gasteiger partial charge < -0.3 is 10.5 Å². The minimum Gasteiger partial charge on any atom is -0.494 e. The lowest BCUT2D eigenvalue weighted by Crippen LogP contribution is -2.28. The number of methoxy groups -OCH3 is 1. The molecule has 2 nitrogen and oxygen atoms in total. The van der Waals surface area contributed by atoms with Crippen LogP contribution in [0.1, 0.15) is 19.4 Å². The molecule has 0 aromatic heterocycles. The molecule has 0 saturated heterocycles. The lowest BCUT2D eigenvalue weighted by molar-refractivity contribution is 0.408. The molecule has 0 aliphatic heterocycles. The highest BCUT2D eigenvalue weighted by atomic mass is 79.9. The summed E-state index contributed by atoms with van der Waals surface area (Å²) in [6, 6.07) is 3.95. The summed E-state index contributed by atoms with van der Waals surface area (Å²) in [5, 5.41) is 0. The first-order valence-corrected chi connectivity index (χ1v) is 5.77. The molecule has 0 aliphatic rings. The molecule has 0 atom stereocenters. The van der Waals surface area contributed by atoms with Gasteiger partial charge in [0, 0.05) is 5.54 Å². The van der Waals surface area contributed by atoms with Crippen LogP contribution in [0.3, 0.4) is 0 Å². The summed E-state index contributed by atoms with van der Waals surface area (Å²) in [5.41, 5.74) is 6.71. The largest absolute Gasteiger partial charge is 0.494 e. The maximum Gasteiger partial charge on any atom is 0.147 e. The van der Waals surface area contributed by atoms with E-state index >= 15 is 0 Å². The van der Waals surface area contributed by atoms with Crippen LogP contribution >= 0.6 is 31.9 Å². The fraction of sp³-hybridized carbons (Fsp3) is 0.400. The van der Waals surface area contributed by atoms with E-state index in [2.05, 4.69) is 31.9 Å². The molecule has 0 unspecified atom stereocenters. The molecule has 14 heavy (non-hydrogen) atoms. The number of nitrogens with two attached hydrogens (primary N) is 1. The standard InChI is InChI=1S/C10H13Br2NO/c1-10(2,13)6-4-7(11)9(14-3)8(12)5-6/h4-5H,13H2,1-3H3. The smallest absolute Gasteiger partial charge is 0.147 e. The van der Waals surface area contributed by atoms with Gasteiger partial charge in [-0.2, -0.15) is 0 Å². The Labute approximate surface area is 101 Å². The van der Waals surface area contributed by atoms with Gasteiger partial charge >= 0.3 is 0 Å². The second-order valence-corrected chi connectivity index (χ2v) is 5.40. The van der Waals surface area contributed by atoms with Gasteiger partial charge in [-0.15, -0.1) is 0 Å². The predicted molar refractivity (Wildman–Crippen MR) is 65.6 cm³/mol. The van der Waals surface area contributed by atoms with Crippen LogP contribution < -0.4 is 10.5 Å². The number of rotatable bonds is 2. The van der Waals surface area contributed by atoms with Crippen LogP contribution in [0.4, 0.5) is 0 Å². The van der Waals surface area contributed by atoms with Gasteiger partial charge in [0.25, 0.3) is 0 Å². The Morgan fingerprint density at radius 2 is 1.64 bits per heavy atom. The van der Waals surface area contributed by atoms with Gasteiger partial charge in [-0.3, -0.25) is 0 Å². The van der Waals surface area contributed by atoms with E-state index in [1.165, 1.54) is 0 Å². The third-order valence-electron chi connectivity index (χ3n) is 1.95. The monoisotopic (exact) mass is 321 g/mol. The topological polar surface area (TPSA) is 35.2 Å². The van der Waals surface area contributed by atoms with E-state index in [0.29, 0.717) is 0 Å². The highest BCUT2D eigenvalue weighted by Crippen LogP contribution is 2.36. The molecule has 0 amide bonds. The summed E-state index contributed by atoms with van der Waals surface area (Å²) in [4.78, 5) is 0. The molecule has 0 radical (unpaired) electrons. The van der Waals surface area contributed by atoms with E-state index in [-0.39, 0.29) is 5.54 Å². The van der Waals surface area contributed by atoms with Crippen molar-refractivity contribution < 1.29 is 4.74 Å². The molecule has 0 spiro atoms. The third kappa shape index (κ3) is 2.49. The van der Waals surface area contributed by atoms with Gasteiger partial charge in [-0.1, -0.05) is 0 Å². The molecule has 1 aromatic carbocycles. The van der Waals surface area contributed by atoms with Crippen molar-refractivity contribution in [2.45, 2.75) is 19.4 Å². The third-order valence-corrected chi connectivity index (χ3v) is 3.12. The van der Waals surface area contributed by atoms with Crippen molar-refractivity contribution in [2.75, 3.05) is 7.11 Å². The summed E-state index contributed by atoms with van der Waals surface area (Å²) in [6.07, 6.45) is 0. The zero-order valence-corrected chi connectivity index (χ0v) is 11.6. The first-order valence-electron chi connectivity index (χ1n) is 4.18. The van der Waals surface area contributed by atoms with Crippen molar-refractivity contribution in [3.63, 3.8) is 0 Å². The Hall–Kier alpha value is -0.0600. The van der Waals surface area contributed by atoms with E-state index < -0.39 is 0 Å². The molecule has 4 heteroatoms. The predicted octanol–water partition coefficient (Wildman–Crippen LogP) is 3.41. The van der Waals surface area contributed by atoms with E-state index in [4.69, 9.17) is 10.5 Å². The summed E-state index contributed by atoms with van der Waals surface area (Å²) in [5.74, 6) is 0.790. The van der Waals surface area contributed by atoms with Crippen LogP contribution in [0.2, 0.25) is 0 Å². The lowest BCUT2D eigenvalue weighted by Gasteiger charge is -2.20. The van der Waals surface area contributed by atoms with E-state index in [1.54, 1.807) is 7.11 Å². The van der Waals surface area contributed by atoms with Crippen molar-refractivity contribution in [1.82, 2.24) is 0 Å². The number of benzene rings is 1. The highest BCUT2D eigenvalue weighted by molar-refractivity contribution is 9.11. The molecule has 0 aliphatic carbocycles. The zero-order chi connectivity index (χ0) is 10.9. The highest BCUT2D eigenvalue weighted by Gasteiger charge is 2.17. The van der Waals surface area contributed by atoms with Crippen LogP contribution in [-0.2, 0) is 5.54 Å². The number of ether oxygens (including phenoxy) is 1. The molecule has 0 heterocycles. The summed E-state index contributed by atoms with van der Waals surface area (Å²) < 4.78 is 7.02. The lowest BCUT2D eigenvalue weighted by atomic mass is 9.96. The average Bonchev–Trinajstić information content (AvgIpc) is 2.01. The Morgan fingerprint density at radius 1 is 1.21 bits per heavy atom. The average molecular weight is 323 g/mol. The maximum atomic E-state index is 6.00. The Morgan fingerprint density at radius 3 is 1.93 bits per heavy atom. The number of hydrogen-bond acceptors (Lipinski definition) is 2. The fourth-order valence-electron chi connectivity index (χ4n) is 1.13. The van der Waals surface area contributed by atoms with Gasteiger partial charge in [-0.05, 0) is 63.4 Å². The second-order valence-electron chi connectivity index (χ2n) is 3.69. The Kier molecular flexibility index (Phi) is 3.61. The van der Waals surface area contributed by atoms with E-state index in [9.17, 15) is 0 Å². The van der Waals surface area contributed by atoms with Gasteiger partial charge in [0.15, 0.2) is 0 Å². The van der Waals surface area contributed by atoms with Crippen LogP contribution in [0.25, 0.3) is 0 Å². The van der Waals surface area contributed by atoms with Crippen LogP contribution in [0, 0.1) is 0 Å². The van der Waals surface area contributed by atoms with Crippen LogP contribution in [0.15, 0.2) is 21.1 Å². The molecule has 2 N–H and O–H groups in total. The Bertz CT molecular complexity index is 321. The quantitative estimate of drug-likeness (QED) is 0.905. The van der Waals surface area contributed by atoms with E-state index in [1.807, 2.05) is 26.0 Å². The summed E-state index contributed by atoms with van der Waals surface area (Å²) >= 11 is 6.88. The van der Waals surface area contributed by atoms with Crippen molar-refractivity contribution in [1.29, 1.82) is 0 Å². The maximum absolute atomic E-state index is 6.00. The van der Waals surface area contributed by atoms with Gasteiger partial charge in [0.05, 0.1) is 16.1 Å². The summed E-state index contributed by atoms with van der Waals surface area (Å²) in [6.45, 7) is 3.93. The fourth-order valence-corrected chi connectivity index (χ4v) is 2.64. The first kappa shape index (κ1) is 12.0. The van der Waals surface area contributed by atoms with Gasteiger partial charge in [-0.25, -0.2) is 0 Å². The SMILES string of the molecule is COc1c(Br)cc(C(C)(C)N)cc1Br. The second kappa shape index (κ2) is 4.21. The zero-order valence-electron chi connectivity index (χ0n) is 8.40. The molecule has 0 fully saturated rings. The van der Waals surface area contributed by atoms with Gasteiger partial charge in [0.2, 0.25) is 0 Å². The minimum atomic E-state index is -0.350. The molecule has 0 saturated carbocycles. The molecule has 1 aromatic rings. The molecule has 0 bridgehead atoms. The Balaban J connectivity index is 3.28. The van der Waals surface area contributed by atoms with Crippen molar-refractivity contribution >= 4 is 31.9 Å². The molecular formula is C10H13Br2NO. The number of halogens is 2. The first-order chi connectivity index (χ1) is 6.36. The van der Waals surface area contributed by atoms with Gasteiger partial charge in [0.1, 0.15) is 5.75 Å². The van der Waals surface area contributed by atoms with Crippen LogP contribution in [-0.4, -0.2) is 7.11 Å². The van der Waals surface area contributed by atoms with Crippen LogP contribution in [0.5, 0.6) is 5.75 Å². The van der Waals surface area contributed by atoms with Crippen molar-refractivity contribution in [3.05, 3.63) is 26.6 Å². The minimum absolute atomic E-state index is 0.350. The molecular weight excluding hydrogens is 310 g/mol. The molecule has 78 valence electrons. The van der Waals surface area contributed by atoms with Crippen molar-refractivity contribution in [2.24, 2.45) is 5.73 Å². The van der Waals surface area contributed by atoms with E-state index in [0.717, 1.165) is 20.3 Å².